The molecule has 0 radical (unpaired) electrons. The minimum Gasteiger partial charge on any atom is -0.276 e. The molecule has 0 spiro atoms. The number of fused-ring (bicyclic) bond motifs is 2. The van der Waals surface area contributed by atoms with Gasteiger partial charge in [0.1, 0.15) is 0 Å². The van der Waals surface area contributed by atoms with E-state index in [0.29, 0.717) is 40.5 Å². The molecule has 0 saturated carbocycles. The third-order valence-electron chi connectivity index (χ3n) is 3.65. The van der Waals surface area contributed by atoms with Crippen molar-refractivity contribution in [1.29, 1.82) is 0 Å². The fourth-order valence-corrected chi connectivity index (χ4v) is 2.96. The molecule has 0 N–H and O–H groups in total. The molecule has 2 aromatic rings. The Morgan fingerprint density at radius 2 is 2.00 bits per heavy atom. The zero-order chi connectivity index (χ0) is 15.3. The number of benzene rings is 1. The number of hydrogen-bond donors (Lipinski definition) is 0. The van der Waals surface area contributed by atoms with Crippen molar-refractivity contribution in [1.82, 2.24) is 9.88 Å². The molecule has 7 heteroatoms. The highest BCUT2D eigenvalue weighted by Crippen LogP contribution is 2.36. The quantitative estimate of drug-likeness (QED) is 0.804. The average molecular weight is 333 g/mol. The molecule has 1 aromatic carbocycles. The second-order valence-corrected chi connectivity index (χ2v) is 5.76. The Morgan fingerprint density at radius 1 is 1.14 bits per heavy atom. The van der Waals surface area contributed by atoms with Gasteiger partial charge in [0, 0.05) is 12.7 Å². The first kappa shape index (κ1) is 13.5. The Labute approximate surface area is 136 Å². The predicted octanol–water partition coefficient (Wildman–Crippen LogP) is 3.35. The molecule has 1 amide bonds. The summed E-state index contributed by atoms with van der Waals surface area (Å²) in [5, 5.41) is 0.920. The van der Waals surface area contributed by atoms with Crippen LogP contribution in [0.3, 0.4) is 0 Å². The summed E-state index contributed by atoms with van der Waals surface area (Å²) in [5.74, 6) is 1.06. The number of aromatic nitrogens is 1. The van der Waals surface area contributed by atoms with E-state index in [-0.39, 0.29) is 5.91 Å². The minimum absolute atomic E-state index is 0.0735. The van der Waals surface area contributed by atoms with Crippen molar-refractivity contribution in [2.45, 2.75) is 0 Å². The molecule has 3 heterocycles. The van der Waals surface area contributed by atoms with Crippen LogP contribution in [-0.4, -0.2) is 34.8 Å². The summed E-state index contributed by atoms with van der Waals surface area (Å²) in [4.78, 5) is 24.8. The van der Waals surface area contributed by atoms with Crippen LogP contribution in [0, 0.1) is 0 Å². The summed E-state index contributed by atoms with van der Waals surface area (Å²) in [6.45, 7) is 1.15. The third kappa shape index (κ3) is 1.90. The summed E-state index contributed by atoms with van der Waals surface area (Å²) in [6.07, 6.45) is 1.65. The smallest absolute Gasteiger partial charge is 0.264 e. The molecule has 2 aliphatic heterocycles. The molecule has 0 bridgehead atoms. The van der Waals surface area contributed by atoms with Gasteiger partial charge in [0.2, 0.25) is 5.96 Å². The summed E-state index contributed by atoms with van der Waals surface area (Å²) < 4.78 is 0. The van der Waals surface area contributed by atoms with Gasteiger partial charge in [-0.2, -0.15) is 0 Å². The van der Waals surface area contributed by atoms with Gasteiger partial charge in [0.15, 0.2) is 5.82 Å². The van der Waals surface area contributed by atoms with E-state index in [9.17, 15) is 4.79 Å². The van der Waals surface area contributed by atoms with Gasteiger partial charge in [-0.15, -0.1) is 0 Å². The number of aliphatic imine (C=N–C) groups is 1. The van der Waals surface area contributed by atoms with E-state index >= 15 is 0 Å². The standard InChI is InChI=1S/C15H10Cl2N4O/c16-11-4-3-9(8-12(11)17)21-13-10(2-1-5-18-13)14(22)20-7-6-19-15(20)21/h1-5,8H,6-7H2. The second kappa shape index (κ2) is 4.97. The van der Waals surface area contributed by atoms with Gasteiger partial charge in [-0.3, -0.25) is 19.6 Å². The number of nitrogens with zero attached hydrogens (tertiary/aromatic N) is 4. The third-order valence-corrected chi connectivity index (χ3v) is 4.39. The van der Waals surface area contributed by atoms with Crippen molar-refractivity contribution in [2.24, 2.45) is 4.99 Å². The number of pyridine rings is 1. The van der Waals surface area contributed by atoms with Gasteiger partial charge in [-0.1, -0.05) is 23.2 Å². The summed E-state index contributed by atoms with van der Waals surface area (Å²) in [6, 6.07) is 8.82. The van der Waals surface area contributed by atoms with E-state index in [1.54, 1.807) is 35.4 Å². The van der Waals surface area contributed by atoms with Gasteiger partial charge in [0.05, 0.1) is 27.8 Å². The van der Waals surface area contributed by atoms with Crippen LogP contribution in [0.1, 0.15) is 10.4 Å². The highest BCUT2D eigenvalue weighted by atomic mass is 35.5. The number of anilines is 2. The predicted molar refractivity (Wildman–Crippen MR) is 86.2 cm³/mol. The fraction of sp³-hybridized carbons (Fsp3) is 0.133. The Bertz CT molecular complexity index is 821. The first-order valence-electron chi connectivity index (χ1n) is 6.73. The fourth-order valence-electron chi connectivity index (χ4n) is 2.66. The molecule has 1 aromatic heterocycles. The van der Waals surface area contributed by atoms with E-state index in [1.807, 2.05) is 11.0 Å². The minimum atomic E-state index is -0.0735. The number of amides is 1. The van der Waals surface area contributed by atoms with E-state index in [2.05, 4.69) is 9.98 Å². The van der Waals surface area contributed by atoms with Gasteiger partial charge >= 0.3 is 0 Å². The van der Waals surface area contributed by atoms with Crippen molar-refractivity contribution in [3.05, 3.63) is 52.1 Å². The van der Waals surface area contributed by atoms with Crippen LogP contribution in [0.5, 0.6) is 0 Å². The van der Waals surface area contributed by atoms with Crippen molar-refractivity contribution in [3.63, 3.8) is 0 Å². The molecular weight excluding hydrogens is 323 g/mol. The molecule has 0 saturated heterocycles. The summed E-state index contributed by atoms with van der Waals surface area (Å²) >= 11 is 12.1. The molecule has 4 rings (SSSR count). The molecule has 0 aliphatic carbocycles. The SMILES string of the molecule is O=C1c2cccnc2N(c2ccc(Cl)c(Cl)c2)C2=NCCN12. The number of hydrogen-bond acceptors (Lipinski definition) is 4. The largest absolute Gasteiger partial charge is 0.276 e. The lowest BCUT2D eigenvalue weighted by molar-refractivity contribution is 0.0852. The topological polar surface area (TPSA) is 48.8 Å². The van der Waals surface area contributed by atoms with Crippen molar-refractivity contribution >= 4 is 46.6 Å². The highest BCUT2D eigenvalue weighted by Gasteiger charge is 2.38. The van der Waals surface area contributed by atoms with Crippen LogP contribution in [0.15, 0.2) is 41.5 Å². The zero-order valence-corrected chi connectivity index (χ0v) is 12.8. The van der Waals surface area contributed by atoms with Crippen molar-refractivity contribution in [2.75, 3.05) is 18.0 Å². The lowest BCUT2D eigenvalue weighted by Gasteiger charge is -2.34. The van der Waals surface area contributed by atoms with E-state index in [0.717, 1.165) is 5.69 Å². The molecule has 5 nitrogen and oxygen atoms in total. The van der Waals surface area contributed by atoms with E-state index in [1.165, 1.54) is 0 Å². The highest BCUT2D eigenvalue weighted by molar-refractivity contribution is 6.42. The van der Waals surface area contributed by atoms with Crippen LogP contribution in [0.25, 0.3) is 0 Å². The summed E-state index contributed by atoms with van der Waals surface area (Å²) in [7, 11) is 0. The Balaban J connectivity index is 1.94. The average Bonchev–Trinajstić information content (AvgIpc) is 3.00. The van der Waals surface area contributed by atoms with E-state index in [4.69, 9.17) is 23.2 Å². The van der Waals surface area contributed by atoms with Gasteiger partial charge < -0.3 is 0 Å². The maximum absolute atomic E-state index is 12.5. The Hall–Kier alpha value is -2.11. The molecule has 2 aliphatic rings. The van der Waals surface area contributed by atoms with Gasteiger partial charge in [0.25, 0.3) is 5.91 Å². The van der Waals surface area contributed by atoms with Crippen molar-refractivity contribution in [3.8, 4) is 0 Å². The zero-order valence-electron chi connectivity index (χ0n) is 11.3. The van der Waals surface area contributed by atoms with Crippen LogP contribution < -0.4 is 4.90 Å². The number of carbonyl (C=O) groups excluding carboxylic acids is 1. The van der Waals surface area contributed by atoms with E-state index < -0.39 is 0 Å². The Kier molecular flexibility index (Phi) is 3.06. The molecule has 22 heavy (non-hydrogen) atoms. The molecule has 0 atom stereocenters. The van der Waals surface area contributed by atoms with Gasteiger partial charge in [-0.25, -0.2) is 4.98 Å². The number of rotatable bonds is 1. The Morgan fingerprint density at radius 3 is 2.82 bits per heavy atom. The lowest BCUT2D eigenvalue weighted by atomic mass is 10.1. The molecule has 0 fully saturated rings. The normalized spacial score (nSPS) is 16.5. The van der Waals surface area contributed by atoms with Crippen LogP contribution >= 0.6 is 23.2 Å². The van der Waals surface area contributed by atoms with Crippen molar-refractivity contribution < 1.29 is 4.79 Å². The molecular formula is C15H10Cl2N4O. The summed E-state index contributed by atoms with van der Waals surface area (Å²) in [5.41, 5.74) is 1.32. The first-order chi connectivity index (χ1) is 10.7. The maximum atomic E-state index is 12.5. The number of halogens is 2. The number of carbonyl (C=O) groups is 1. The molecule has 0 unspecified atom stereocenters. The number of guanidine groups is 1. The van der Waals surface area contributed by atoms with Crippen LogP contribution in [-0.2, 0) is 0 Å². The second-order valence-electron chi connectivity index (χ2n) is 4.95. The van der Waals surface area contributed by atoms with Gasteiger partial charge in [-0.05, 0) is 30.3 Å². The lowest BCUT2D eigenvalue weighted by Crippen LogP contribution is -2.48. The van der Waals surface area contributed by atoms with Crippen LogP contribution in [0.2, 0.25) is 10.0 Å². The monoisotopic (exact) mass is 332 g/mol. The maximum Gasteiger partial charge on any atom is 0.264 e. The molecule has 110 valence electrons. The van der Waals surface area contributed by atoms with Crippen LogP contribution in [0.4, 0.5) is 11.5 Å². The first-order valence-corrected chi connectivity index (χ1v) is 7.49.